The summed E-state index contributed by atoms with van der Waals surface area (Å²) in [6.07, 6.45) is 1.93. The number of aliphatic hydroxyl groups is 1. The second-order valence-electron chi connectivity index (χ2n) is 5.17. The zero-order chi connectivity index (χ0) is 12.7. The monoisotopic (exact) mass is 235 g/mol. The highest BCUT2D eigenvalue weighted by Crippen LogP contribution is 2.18. The van der Waals surface area contributed by atoms with Crippen molar-refractivity contribution in [2.24, 2.45) is 5.92 Å². The van der Waals surface area contributed by atoms with E-state index in [1.807, 2.05) is 6.07 Å². The molecule has 0 amide bonds. The summed E-state index contributed by atoms with van der Waals surface area (Å²) in [4.78, 5) is 0. The topological polar surface area (TPSA) is 32.3 Å². The van der Waals surface area contributed by atoms with Gasteiger partial charge in [0.25, 0.3) is 0 Å². The molecule has 17 heavy (non-hydrogen) atoms. The van der Waals surface area contributed by atoms with Gasteiger partial charge in [0.05, 0.1) is 0 Å². The molecule has 0 aliphatic heterocycles. The van der Waals surface area contributed by atoms with Crippen LogP contribution in [-0.2, 0) is 0 Å². The van der Waals surface area contributed by atoms with Crippen molar-refractivity contribution in [2.45, 2.75) is 45.7 Å². The molecule has 2 unspecified atom stereocenters. The Balaban J connectivity index is 2.60. The van der Waals surface area contributed by atoms with Gasteiger partial charge in [0.15, 0.2) is 0 Å². The Morgan fingerprint density at radius 2 is 1.76 bits per heavy atom. The summed E-state index contributed by atoms with van der Waals surface area (Å²) in [5, 5.41) is 12.8. The molecule has 1 rings (SSSR count). The first-order valence-corrected chi connectivity index (χ1v) is 6.55. The van der Waals surface area contributed by atoms with Crippen LogP contribution in [0.15, 0.2) is 30.3 Å². The maximum Gasteiger partial charge on any atom is 0.0449 e. The number of benzene rings is 1. The average molecular weight is 235 g/mol. The summed E-state index contributed by atoms with van der Waals surface area (Å²) in [5.41, 5.74) is 1.26. The van der Waals surface area contributed by atoms with Crippen LogP contribution in [0.25, 0.3) is 0 Å². The number of rotatable bonds is 7. The van der Waals surface area contributed by atoms with Crippen LogP contribution in [0.2, 0.25) is 0 Å². The maximum absolute atomic E-state index is 9.15. The van der Waals surface area contributed by atoms with Crippen molar-refractivity contribution in [2.75, 3.05) is 6.61 Å². The van der Waals surface area contributed by atoms with Crippen molar-refractivity contribution in [1.29, 1.82) is 0 Å². The summed E-state index contributed by atoms with van der Waals surface area (Å²) < 4.78 is 0. The van der Waals surface area contributed by atoms with Gasteiger partial charge in [-0.25, -0.2) is 0 Å². The number of nitrogens with one attached hydrogen (secondary N) is 1. The third-order valence-electron chi connectivity index (χ3n) is 2.93. The van der Waals surface area contributed by atoms with Crippen molar-refractivity contribution in [1.82, 2.24) is 5.32 Å². The van der Waals surface area contributed by atoms with Gasteiger partial charge in [-0.1, -0.05) is 44.2 Å². The highest BCUT2D eigenvalue weighted by Gasteiger charge is 2.14. The molecule has 1 aromatic rings. The fourth-order valence-electron chi connectivity index (χ4n) is 2.28. The minimum absolute atomic E-state index is 0.223. The Hall–Kier alpha value is -0.860. The zero-order valence-corrected chi connectivity index (χ0v) is 11.2. The van der Waals surface area contributed by atoms with Crippen molar-refractivity contribution in [3.63, 3.8) is 0 Å². The van der Waals surface area contributed by atoms with Crippen LogP contribution in [0.3, 0.4) is 0 Å². The first-order valence-electron chi connectivity index (χ1n) is 6.55. The van der Waals surface area contributed by atoms with Gasteiger partial charge in [0.2, 0.25) is 0 Å². The molecule has 0 heterocycles. The molecule has 0 aromatic heterocycles. The third-order valence-corrected chi connectivity index (χ3v) is 2.93. The van der Waals surface area contributed by atoms with E-state index < -0.39 is 0 Å². The first kappa shape index (κ1) is 14.2. The Morgan fingerprint density at radius 3 is 2.29 bits per heavy atom. The van der Waals surface area contributed by atoms with E-state index in [-0.39, 0.29) is 12.6 Å². The number of hydrogen-bond donors (Lipinski definition) is 2. The quantitative estimate of drug-likeness (QED) is 0.761. The maximum atomic E-state index is 9.15. The lowest BCUT2D eigenvalue weighted by Crippen LogP contribution is -2.32. The largest absolute Gasteiger partial charge is 0.396 e. The number of aliphatic hydroxyl groups excluding tert-OH is 1. The third kappa shape index (κ3) is 5.33. The molecule has 1 aromatic carbocycles. The summed E-state index contributed by atoms with van der Waals surface area (Å²) in [5.74, 6) is 0.697. The Labute approximate surface area is 105 Å². The first-order chi connectivity index (χ1) is 8.13. The molecule has 2 atom stereocenters. The van der Waals surface area contributed by atoms with Crippen molar-refractivity contribution >= 4 is 0 Å². The molecule has 0 aliphatic carbocycles. The van der Waals surface area contributed by atoms with Crippen LogP contribution >= 0.6 is 0 Å². The van der Waals surface area contributed by atoms with Gasteiger partial charge in [0.1, 0.15) is 0 Å². The SMILES string of the molecule is CC(C)CC(C)NC(CCO)c1ccccc1. The van der Waals surface area contributed by atoms with Crippen LogP contribution < -0.4 is 5.32 Å². The second kappa shape index (κ2) is 7.46. The van der Waals surface area contributed by atoms with Gasteiger partial charge < -0.3 is 10.4 Å². The van der Waals surface area contributed by atoms with Gasteiger partial charge in [-0.2, -0.15) is 0 Å². The van der Waals surface area contributed by atoms with Gasteiger partial charge in [-0.3, -0.25) is 0 Å². The molecule has 0 radical (unpaired) electrons. The lowest BCUT2D eigenvalue weighted by Gasteiger charge is -2.24. The average Bonchev–Trinajstić information content (AvgIpc) is 2.28. The predicted molar refractivity (Wildman–Crippen MR) is 72.9 cm³/mol. The van der Waals surface area contributed by atoms with E-state index in [0.29, 0.717) is 12.0 Å². The minimum Gasteiger partial charge on any atom is -0.396 e. The van der Waals surface area contributed by atoms with E-state index in [0.717, 1.165) is 12.8 Å². The molecule has 2 heteroatoms. The van der Waals surface area contributed by atoms with Crippen LogP contribution in [0, 0.1) is 5.92 Å². The van der Waals surface area contributed by atoms with Crippen molar-refractivity contribution < 1.29 is 5.11 Å². The summed E-state index contributed by atoms with van der Waals surface area (Å²) in [6.45, 7) is 6.91. The van der Waals surface area contributed by atoms with Crippen LogP contribution in [-0.4, -0.2) is 17.8 Å². The molecule has 0 aliphatic rings. The van der Waals surface area contributed by atoms with Crippen LogP contribution in [0.1, 0.15) is 45.2 Å². The van der Waals surface area contributed by atoms with Gasteiger partial charge in [0, 0.05) is 18.7 Å². The van der Waals surface area contributed by atoms with E-state index in [9.17, 15) is 0 Å². The Kier molecular flexibility index (Phi) is 6.23. The lowest BCUT2D eigenvalue weighted by molar-refractivity contribution is 0.256. The van der Waals surface area contributed by atoms with E-state index in [1.54, 1.807) is 0 Å². The molecule has 2 N–H and O–H groups in total. The Bertz CT molecular complexity index is 297. The highest BCUT2D eigenvalue weighted by atomic mass is 16.3. The van der Waals surface area contributed by atoms with Crippen LogP contribution in [0.4, 0.5) is 0 Å². The molecule has 0 fully saturated rings. The van der Waals surface area contributed by atoms with Crippen molar-refractivity contribution in [3.05, 3.63) is 35.9 Å². The highest BCUT2D eigenvalue weighted by molar-refractivity contribution is 5.18. The summed E-state index contributed by atoms with van der Waals surface area (Å²) in [6, 6.07) is 11.1. The molecule has 0 saturated carbocycles. The molecular weight excluding hydrogens is 210 g/mol. The van der Waals surface area contributed by atoms with Crippen molar-refractivity contribution in [3.8, 4) is 0 Å². The van der Waals surface area contributed by atoms with Gasteiger partial charge in [-0.05, 0) is 31.2 Å². The molecule has 2 nitrogen and oxygen atoms in total. The molecule has 0 spiro atoms. The number of hydrogen-bond acceptors (Lipinski definition) is 2. The van der Waals surface area contributed by atoms with E-state index in [2.05, 4.69) is 50.4 Å². The zero-order valence-electron chi connectivity index (χ0n) is 11.2. The molecule has 0 saturated heterocycles. The summed E-state index contributed by atoms with van der Waals surface area (Å²) >= 11 is 0. The molecule has 0 bridgehead atoms. The van der Waals surface area contributed by atoms with E-state index in [4.69, 9.17) is 5.11 Å². The standard InChI is InChI=1S/C15H25NO/c1-12(2)11-13(3)16-15(9-10-17)14-7-5-4-6-8-14/h4-8,12-13,15-17H,9-11H2,1-3H3. The smallest absolute Gasteiger partial charge is 0.0449 e. The fraction of sp³-hybridized carbons (Fsp3) is 0.600. The normalized spacial score (nSPS) is 14.9. The van der Waals surface area contributed by atoms with Gasteiger partial charge in [-0.15, -0.1) is 0 Å². The molecule has 96 valence electrons. The van der Waals surface area contributed by atoms with E-state index >= 15 is 0 Å². The predicted octanol–water partition coefficient (Wildman–Crippen LogP) is 3.13. The minimum atomic E-state index is 0.223. The Morgan fingerprint density at radius 1 is 1.12 bits per heavy atom. The van der Waals surface area contributed by atoms with Crippen LogP contribution in [0.5, 0.6) is 0 Å². The fourth-order valence-corrected chi connectivity index (χ4v) is 2.28. The summed E-state index contributed by atoms with van der Waals surface area (Å²) in [7, 11) is 0. The van der Waals surface area contributed by atoms with Gasteiger partial charge >= 0.3 is 0 Å². The second-order valence-corrected chi connectivity index (χ2v) is 5.17. The van der Waals surface area contributed by atoms with E-state index in [1.165, 1.54) is 5.56 Å². The molecular formula is C15H25NO. The lowest BCUT2D eigenvalue weighted by atomic mass is 10.00.